The van der Waals surface area contributed by atoms with Crippen molar-refractivity contribution in [2.75, 3.05) is 9.80 Å². The van der Waals surface area contributed by atoms with Crippen molar-refractivity contribution in [3.05, 3.63) is 323 Å². The van der Waals surface area contributed by atoms with E-state index >= 15 is 8.78 Å². The molecule has 2 aliphatic rings. The van der Waals surface area contributed by atoms with Gasteiger partial charge in [0, 0.05) is 45.7 Å². The Morgan fingerprint density at radius 1 is 0.345 bits per heavy atom. The van der Waals surface area contributed by atoms with E-state index in [-0.39, 0.29) is 22.5 Å². The number of nitrogens with zero attached hydrogens (tertiary/aromatic N) is 2. The van der Waals surface area contributed by atoms with E-state index in [0.717, 1.165) is 73.6 Å². The van der Waals surface area contributed by atoms with Gasteiger partial charge < -0.3 is 9.80 Å². The van der Waals surface area contributed by atoms with Gasteiger partial charge in [0.25, 0.3) is 0 Å². The maximum Gasteiger partial charge on any atom is 0.131 e. The summed E-state index contributed by atoms with van der Waals surface area (Å²) >= 11 is 0. The Labute approximate surface area is 492 Å². The minimum absolute atomic E-state index is 0.0594. The fourth-order valence-electron chi connectivity index (χ4n) is 13.5. The number of rotatable bonds is 10. The minimum Gasteiger partial charge on any atom is -0.310 e. The van der Waals surface area contributed by atoms with Crippen LogP contribution in [0.3, 0.4) is 0 Å². The maximum absolute atomic E-state index is 15.5. The zero-order chi connectivity index (χ0) is 57.5. The van der Waals surface area contributed by atoms with E-state index in [4.69, 9.17) is 0 Å². The minimum atomic E-state index is -0.861. The first kappa shape index (κ1) is 52.4. The summed E-state index contributed by atoms with van der Waals surface area (Å²) in [6.07, 6.45) is 0.730. The van der Waals surface area contributed by atoms with Gasteiger partial charge in [0.2, 0.25) is 0 Å². The highest BCUT2D eigenvalue weighted by Crippen LogP contribution is 2.65. The molecule has 0 aliphatic heterocycles. The highest BCUT2D eigenvalue weighted by molar-refractivity contribution is 6.15. The molecule has 0 saturated carbocycles. The predicted molar refractivity (Wildman–Crippen MR) is 347 cm³/mol. The Morgan fingerprint density at radius 2 is 0.726 bits per heavy atom. The molecule has 0 saturated heterocycles. The summed E-state index contributed by atoms with van der Waals surface area (Å²) in [4.78, 5) is 4.85. The highest BCUT2D eigenvalue weighted by Gasteiger charge is 2.50. The van der Waals surface area contributed by atoms with Gasteiger partial charge in [-0.3, -0.25) is 0 Å². The fraction of sp³-hybridized carbons (Fsp3) is 0.125. The SMILES string of the molecule is CC(C)(C)c1ccc(N(c2ccc(-c3ccccc3F)cc2)c2cc3c(c4c2Cc2ccccc2-4)-c2c(cc(N(c4ccc(-c5ccccc5F)cc4)c4ccc(C(C)(C)C)cc4)c4ccccc24)C3(c2ccccc2)c2ccccc2)cc1. The van der Waals surface area contributed by atoms with E-state index in [0.29, 0.717) is 11.1 Å². The summed E-state index contributed by atoms with van der Waals surface area (Å²) in [5.74, 6) is -0.500. The molecule has 0 unspecified atom stereocenters. The third-order valence-corrected chi connectivity index (χ3v) is 17.6. The lowest BCUT2D eigenvalue weighted by Crippen LogP contribution is -2.29. The summed E-state index contributed by atoms with van der Waals surface area (Å²) in [7, 11) is 0. The predicted octanol–water partition coefficient (Wildman–Crippen LogP) is 21.9. The van der Waals surface area contributed by atoms with Crippen molar-refractivity contribution in [3.63, 3.8) is 0 Å². The summed E-state index contributed by atoms with van der Waals surface area (Å²) in [6.45, 7) is 13.6. The molecule has 14 rings (SSSR count). The second-order valence-electron chi connectivity index (χ2n) is 24.7. The van der Waals surface area contributed by atoms with Crippen LogP contribution in [0.2, 0.25) is 0 Å². The molecule has 0 bridgehead atoms. The first-order valence-corrected chi connectivity index (χ1v) is 29.2. The third kappa shape index (κ3) is 8.65. The first-order valence-electron chi connectivity index (χ1n) is 29.2. The molecular formula is C80H64F2N2. The molecule has 0 radical (unpaired) electrons. The van der Waals surface area contributed by atoms with Gasteiger partial charge in [-0.15, -0.1) is 0 Å². The molecule has 0 heterocycles. The zero-order valence-corrected chi connectivity index (χ0v) is 48.3. The normalized spacial score (nSPS) is 13.0. The van der Waals surface area contributed by atoms with Crippen LogP contribution in [0.25, 0.3) is 55.3 Å². The molecule has 2 nitrogen and oxygen atoms in total. The van der Waals surface area contributed by atoms with Gasteiger partial charge in [-0.1, -0.05) is 236 Å². The number of hydrogen-bond donors (Lipinski definition) is 0. The molecular weight excluding hydrogens is 1030 g/mol. The molecule has 2 aliphatic carbocycles. The molecule has 12 aromatic carbocycles. The molecule has 0 atom stereocenters. The third-order valence-electron chi connectivity index (χ3n) is 17.6. The van der Waals surface area contributed by atoms with Crippen LogP contribution in [0.4, 0.5) is 42.9 Å². The summed E-state index contributed by atoms with van der Waals surface area (Å²) < 4.78 is 31.0. The van der Waals surface area contributed by atoms with E-state index in [1.807, 2.05) is 36.4 Å². The Balaban J connectivity index is 1.10. The van der Waals surface area contributed by atoms with Gasteiger partial charge in [-0.25, -0.2) is 8.78 Å². The number of hydrogen-bond acceptors (Lipinski definition) is 2. The number of anilines is 6. The van der Waals surface area contributed by atoms with Gasteiger partial charge in [0.1, 0.15) is 11.6 Å². The average Bonchev–Trinajstić information content (AvgIpc) is 1.76. The van der Waals surface area contributed by atoms with Crippen molar-refractivity contribution in [1.29, 1.82) is 0 Å². The van der Waals surface area contributed by atoms with E-state index in [1.54, 1.807) is 12.1 Å². The largest absolute Gasteiger partial charge is 0.310 e. The van der Waals surface area contributed by atoms with Crippen LogP contribution in [0, 0.1) is 11.6 Å². The molecule has 84 heavy (non-hydrogen) atoms. The highest BCUT2D eigenvalue weighted by atomic mass is 19.1. The lowest BCUT2D eigenvalue weighted by atomic mass is 9.67. The standard InChI is InChI=1S/C80H64F2N2/c1-78(2,3)55-37-45-61(46-38-55)83(59-41-33-52(34-42-59)63-26-17-19-31-71(63)81)73-50-69-76(67-30-16-15-29-66(67)73)77-70(80(69,57-22-9-7-10-23-57)58-24-11-8-12-25-58)51-74(68-49-54-21-13-14-28-65(54)75(68)77)84(62-47-39-56(40-48-62)79(4,5)6)60-43-35-53(36-44-60)64-27-18-20-32-72(64)82/h7-48,50-51H,49H2,1-6H3. The van der Waals surface area contributed by atoms with Crippen LogP contribution >= 0.6 is 0 Å². The second-order valence-corrected chi connectivity index (χ2v) is 24.7. The van der Waals surface area contributed by atoms with E-state index in [1.165, 1.54) is 67.8 Å². The van der Waals surface area contributed by atoms with Crippen LogP contribution in [0.5, 0.6) is 0 Å². The van der Waals surface area contributed by atoms with Crippen molar-refractivity contribution in [1.82, 2.24) is 0 Å². The zero-order valence-electron chi connectivity index (χ0n) is 48.3. The van der Waals surface area contributed by atoms with Crippen molar-refractivity contribution in [2.45, 2.75) is 64.2 Å². The van der Waals surface area contributed by atoms with Gasteiger partial charge in [0.15, 0.2) is 0 Å². The first-order chi connectivity index (χ1) is 40.8. The Morgan fingerprint density at radius 3 is 1.20 bits per heavy atom. The number of fused-ring (bicyclic) bond motifs is 9. The topological polar surface area (TPSA) is 6.48 Å². The molecule has 12 aromatic rings. The van der Waals surface area contributed by atoms with Crippen LogP contribution < -0.4 is 9.80 Å². The van der Waals surface area contributed by atoms with Gasteiger partial charge in [0.05, 0.1) is 16.8 Å². The molecule has 408 valence electrons. The molecule has 0 amide bonds. The van der Waals surface area contributed by atoms with Gasteiger partial charge in [-0.2, -0.15) is 0 Å². The van der Waals surface area contributed by atoms with Gasteiger partial charge >= 0.3 is 0 Å². The van der Waals surface area contributed by atoms with E-state index in [2.05, 4.69) is 258 Å². The fourth-order valence-corrected chi connectivity index (χ4v) is 13.5. The maximum atomic E-state index is 15.5. The Bertz CT molecular complexity index is 4420. The van der Waals surface area contributed by atoms with Crippen molar-refractivity contribution >= 4 is 44.9 Å². The van der Waals surface area contributed by atoms with Crippen molar-refractivity contribution in [2.24, 2.45) is 0 Å². The summed E-state index contributed by atoms with van der Waals surface area (Å²) in [6, 6.07) is 94.2. The van der Waals surface area contributed by atoms with Crippen molar-refractivity contribution in [3.8, 4) is 44.5 Å². The molecule has 4 heteroatoms. The second kappa shape index (κ2) is 20.4. The summed E-state index contributed by atoms with van der Waals surface area (Å²) in [5.41, 5.74) is 22.5. The molecule has 0 fully saturated rings. The average molecular weight is 1090 g/mol. The Kier molecular flexibility index (Phi) is 12.7. The number of halogens is 2. The Hall–Kier alpha value is -9.64. The lowest BCUT2D eigenvalue weighted by Gasteiger charge is -2.36. The van der Waals surface area contributed by atoms with Crippen LogP contribution in [-0.2, 0) is 22.7 Å². The summed E-state index contributed by atoms with van der Waals surface area (Å²) in [5, 5.41) is 2.26. The monoisotopic (exact) mass is 1090 g/mol. The van der Waals surface area contributed by atoms with Crippen LogP contribution in [-0.4, -0.2) is 0 Å². The van der Waals surface area contributed by atoms with Crippen LogP contribution in [0.15, 0.2) is 267 Å². The molecule has 0 spiro atoms. The van der Waals surface area contributed by atoms with E-state index in [9.17, 15) is 0 Å². The smallest absolute Gasteiger partial charge is 0.131 e. The molecule has 0 N–H and O–H groups in total. The number of benzene rings is 12. The van der Waals surface area contributed by atoms with Crippen LogP contribution in [0.1, 0.15) is 86.1 Å². The van der Waals surface area contributed by atoms with Gasteiger partial charge in [-0.05, 0) is 167 Å². The van der Waals surface area contributed by atoms with Crippen molar-refractivity contribution < 1.29 is 8.78 Å². The molecule has 0 aromatic heterocycles. The lowest BCUT2D eigenvalue weighted by molar-refractivity contribution is 0.590. The quantitative estimate of drug-likeness (QED) is 0.135. The van der Waals surface area contributed by atoms with E-state index < -0.39 is 5.41 Å².